The second kappa shape index (κ2) is 16.4. The predicted molar refractivity (Wildman–Crippen MR) is 178 cm³/mol. The van der Waals surface area contributed by atoms with E-state index < -0.39 is 26.1 Å². The fraction of sp³-hybridized carbons (Fsp3) is 0.457. The molecule has 0 bridgehead atoms. The van der Waals surface area contributed by atoms with E-state index in [-0.39, 0.29) is 31.1 Å². The summed E-state index contributed by atoms with van der Waals surface area (Å²) in [6.07, 6.45) is 1.51. The molecule has 1 fully saturated rings. The third-order valence-corrected chi connectivity index (χ3v) is 10.4. The van der Waals surface area contributed by atoms with Crippen molar-refractivity contribution in [2.45, 2.75) is 63.4 Å². The van der Waals surface area contributed by atoms with E-state index >= 15 is 0 Å². The molecule has 45 heavy (non-hydrogen) atoms. The van der Waals surface area contributed by atoms with Crippen LogP contribution in [0.2, 0.25) is 5.82 Å². The van der Waals surface area contributed by atoms with Crippen LogP contribution in [0.3, 0.4) is 0 Å². The van der Waals surface area contributed by atoms with E-state index in [1.807, 2.05) is 66.7 Å². The van der Waals surface area contributed by atoms with Crippen molar-refractivity contribution in [3.63, 3.8) is 0 Å². The van der Waals surface area contributed by atoms with Gasteiger partial charge in [-0.3, -0.25) is 4.67 Å². The SMILES string of the molecule is [B][C@@H]1CO[C@@H](COC(c2ccccc2)(c2ccc(OC)cc2)c2ccc(OC)cc2)C1OP(CCOC#N)N(C(C)C)C(C)C. The highest BCUT2D eigenvalue weighted by Crippen LogP contribution is 2.49. The molecule has 0 spiro atoms. The Labute approximate surface area is 270 Å². The van der Waals surface area contributed by atoms with E-state index in [1.54, 1.807) is 20.5 Å². The Balaban J connectivity index is 1.72. The molecule has 0 aliphatic carbocycles. The van der Waals surface area contributed by atoms with Gasteiger partial charge in [-0.1, -0.05) is 54.6 Å². The normalized spacial score (nSPS) is 19.1. The zero-order valence-electron chi connectivity index (χ0n) is 27.1. The van der Waals surface area contributed by atoms with Crippen LogP contribution in [0.4, 0.5) is 0 Å². The summed E-state index contributed by atoms with van der Waals surface area (Å²) in [6.45, 7) is 9.42. The van der Waals surface area contributed by atoms with Crippen molar-refractivity contribution in [2.75, 3.05) is 40.2 Å². The van der Waals surface area contributed by atoms with Gasteiger partial charge in [0.25, 0.3) is 6.26 Å². The number of benzene rings is 3. The second-order valence-electron chi connectivity index (χ2n) is 11.5. The molecule has 8 nitrogen and oxygen atoms in total. The molecule has 1 aliphatic heterocycles. The van der Waals surface area contributed by atoms with Crippen molar-refractivity contribution in [2.24, 2.45) is 0 Å². The molecule has 2 radical (unpaired) electrons. The fourth-order valence-electron chi connectivity index (χ4n) is 5.91. The van der Waals surface area contributed by atoms with E-state index in [9.17, 15) is 0 Å². The maximum Gasteiger partial charge on any atom is 0.286 e. The summed E-state index contributed by atoms with van der Waals surface area (Å²) >= 11 is 0. The van der Waals surface area contributed by atoms with Crippen LogP contribution >= 0.6 is 8.30 Å². The Morgan fingerprint density at radius 2 is 1.42 bits per heavy atom. The van der Waals surface area contributed by atoms with Crippen LogP contribution in [-0.2, 0) is 24.3 Å². The van der Waals surface area contributed by atoms with Gasteiger partial charge >= 0.3 is 0 Å². The number of hydrogen-bond acceptors (Lipinski definition) is 8. The van der Waals surface area contributed by atoms with Gasteiger partial charge in [0.05, 0.1) is 34.8 Å². The second-order valence-corrected chi connectivity index (χ2v) is 13.3. The lowest BCUT2D eigenvalue weighted by molar-refractivity contribution is -0.0655. The Bertz CT molecular complexity index is 1300. The molecule has 238 valence electrons. The fourth-order valence-corrected chi connectivity index (χ4v) is 8.21. The summed E-state index contributed by atoms with van der Waals surface area (Å²) in [5, 5.41) is 9.00. The zero-order chi connectivity index (χ0) is 32.4. The highest BCUT2D eigenvalue weighted by Gasteiger charge is 2.43. The first kappa shape index (κ1) is 34.8. The zero-order valence-corrected chi connectivity index (χ0v) is 28.0. The Kier molecular flexibility index (Phi) is 12.7. The monoisotopic (exact) mass is 630 g/mol. The summed E-state index contributed by atoms with van der Waals surface area (Å²) in [6, 6.07) is 26.5. The summed E-state index contributed by atoms with van der Waals surface area (Å²) in [7, 11) is 8.80. The van der Waals surface area contributed by atoms with Crippen molar-refractivity contribution < 1.29 is 28.2 Å². The predicted octanol–water partition coefficient (Wildman–Crippen LogP) is 6.68. The molecule has 4 rings (SSSR count). The number of nitriles is 1. The van der Waals surface area contributed by atoms with Gasteiger partial charge in [-0.05, 0) is 74.5 Å². The van der Waals surface area contributed by atoms with Crippen LogP contribution in [0.15, 0.2) is 78.9 Å². The minimum atomic E-state index is -1.15. The molecule has 3 aromatic carbocycles. The van der Waals surface area contributed by atoms with Gasteiger partial charge in [-0.15, -0.1) is 0 Å². The smallest absolute Gasteiger partial charge is 0.286 e. The lowest BCUT2D eigenvalue weighted by atomic mass is 9.79. The van der Waals surface area contributed by atoms with Gasteiger partial charge in [0.1, 0.15) is 38.1 Å². The molecule has 0 saturated carbocycles. The standard InChI is InChI=1S/C35H44BN2O6P/c1-25(2)38(26(3)4)45(21-20-41-24-37)44-34-32(36)22-42-33(34)23-43-35(27-10-8-7-9-11-27,28-12-16-30(39-5)17-13-28)29-14-18-31(40-6)19-15-29/h7-19,25-26,32-34H,20-23H2,1-6H3/t32-,33+,34?,45?/m1/s1. The number of ether oxygens (including phenoxy) is 5. The lowest BCUT2D eigenvalue weighted by Crippen LogP contribution is -2.40. The van der Waals surface area contributed by atoms with Gasteiger partial charge in [0, 0.05) is 24.9 Å². The molecule has 4 atom stereocenters. The van der Waals surface area contributed by atoms with Gasteiger partial charge in [-0.25, -0.2) is 0 Å². The van der Waals surface area contributed by atoms with E-state index in [0.717, 1.165) is 28.2 Å². The van der Waals surface area contributed by atoms with Crippen molar-refractivity contribution in [1.82, 2.24) is 4.67 Å². The number of methoxy groups -OCH3 is 2. The summed E-state index contributed by atoms with van der Waals surface area (Å²) in [5.41, 5.74) is 1.83. The Morgan fingerprint density at radius 1 is 0.889 bits per heavy atom. The molecular weight excluding hydrogens is 586 g/mol. The van der Waals surface area contributed by atoms with E-state index in [1.165, 1.54) is 0 Å². The average molecular weight is 631 g/mol. The molecule has 1 saturated heterocycles. The third-order valence-electron chi connectivity index (χ3n) is 7.94. The third kappa shape index (κ3) is 8.19. The molecule has 1 heterocycles. The van der Waals surface area contributed by atoms with Gasteiger partial charge in [-0.2, -0.15) is 5.26 Å². The first-order valence-corrected chi connectivity index (χ1v) is 16.7. The van der Waals surface area contributed by atoms with E-state index in [2.05, 4.69) is 44.5 Å². The van der Waals surface area contributed by atoms with Crippen LogP contribution in [0.5, 0.6) is 11.5 Å². The van der Waals surface area contributed by atoms with Crippen molar-refractivity contribution in [1.29, 1.82) is 5.26 Å². The van der Waals surface area contributed by atoms with E-state index in [4.69, 9.17) is 41.3 Å². The number of rotatable bonds is 16. The van der Waals surface area contributed by atoms with Gasteiger partial charge in [0.15, 0.2) is 0 Å². The molecule has 0 N–H and O–H groups in total. The lowest BCUT2D eigenvalue weighted by Gasteiger charge is -2.40. The molecule has 1 aliphatic rings. The highest BCUT2D eigenvalue weighted by molar-refractivity contribution is 7.50. The minimum Gasteiger partial charge on any atom is -0.497 e. The highest BCUT2D eigenvalue weighted by atomic mass is 31.2. The molecular formula is C35H44BN2O6P. The molecule has 2 unspecified atom stereocenters. The van der Waals surface area contributed by atoms with E-state index in [0.29, 0.717) is 12.8 Å². The van der Waals surface area contributed by atoms with Gasteiger partial charge in [0.2, 0.25) is 0 Å². The van der Waals surface area contributed by atoms with Gasteiger partial charge < -0.3 is 28.2 Å². The summed E-state index contributed by atoms with van der Waals surface area (Å²) < 4.78 is 38.6. The van der Waals surface area contributed by atoms with Crippen LogP contribution < -0.4 is 9.47 Å². The first-order valence-electron chi connectivity index (χ1n) is 15.3. The van der Waals surface area contributed by atoms with Crippen molar-refractivity contribution in [3.05, 3.63) is 95.6 Å². The quantitative estimate of drug-likeness (QED) is 0.0570. The Morgan fingerprint density at radius 3 is 1.91 bits per heavy atom. The summed E-state index contributed by atoms with van der Waals surface area (Å²) in [4.78, 5) is 0. The van der Waals surface area contributed by atoms with Crippen LogP contribution in [0, 0.1) is 11.5 Å². The van der Waals surface area contributed by atoms with Crippen LogP contribution in [-0.4, -0.2) is 77.0 Å². The van der Waals surface area contributed by atoms with Crippen molar-refractivity contribution >= 4 is 16.1 Å². The average Bonchev–Trinajstić information content (AvgIpc) is 3.40. The minimum absolute atomic E-state index is 0.215. The maximum atomic E-state index is 9.00. The largest absolute Gasteiger partial charge is 0.497 e. The number of hydrogen-bond donors (Lipinski definition) is 0. The Hall–Kier alpha value is -3.12. The maximum absolute atomic E-state index is 9.00. The molecule has 0 aromatic heterocycles. The van der Waals surface area contributed by atoms with Crippen LogP contribution in [0.1, 0.15) is 44.4 Å². The molecule has 0 amide bonds. The number of nitrogens with zero attached hydrogens (tertiary/aromatic N) is 2. The molecule has 3 aromatic rings. The molecule has 10 heteroatoms. The topological polar surface area (TPSA) is 82.4 Å². The van der Waals surface area contributed by atoms with Crippen molar-refractivity contribution in [3.8, 4) is 17.8 Å². The van der Waals surface area contributed by atoms with Crippen LogP contribution in [0.25, 0.3) is 0 Å². The first-order chi connectivity index (χ1) is 21.7. The summed E-state index contributed by atoms with van der Waals surface area (Å²) in [5.74, 6) is 1.17.